The Kier molecular flexibility index (Phi) is 5.79. The molecular formula is C13H21N3S2. The number of thioether (sulfide) groups is 2. The van der Waals surface area contributed by atoms with Crippen LogP contribution in [0, 0.1) is 5.92 Å². The molecule has 1 aromatic heterocycles. The van der Waals surface area contributed by atoms with Gasteiger partial charge in [0.1, 0.15) is 5.82 Å². The van der Waals surface area contributed by atoms with Gasteiger partial charge in [0, 0.05) is 41.8 Å². The van der Waals surface area contributed by atoms with Gasteiger partial charge in [-0.25, -0.2) is 9.97 Å². The Morgan fingerprint density at radius 3 is 2.72 bits per heavy atom. The average molecular weight is 283 g/mol. The lowest BCUT2D eigenvalue weighted by Crippen LogP contribution is -2.19. The van der Waals surface area contributed by atoms with E-state index in [4.69, 9.17) is 0 Å². The van der Waals surface area contributed by atoms with Gasteiger partial charge in [-0.05, 0) is 12.5 Å². The predicted octanol–water partition coefficient (Wildman–Crippen LogP) is 2.74. The zero-order valence-corrected chi connectivity index (χ0v) is 12.7. The van der Waals surface area contributed by atoms with Gasteiger partial charge in [-0.15, -0.1) is 11.8 Å². The van der Waals surface area contributed by atoms with E-state index in [-0.39, 0.29) is 0 Å². The summed E-state index contributed by atoms with van der Waals surface area (Å²) in [5, 5.41) is 3.90. The summed E-state index contributed by atoms with van der Waals surface area (Å²) in [5.74, 6) is 5.31. The fourth-order valence-corrected chi connectivity index (χ4v) is 4.38. The molecular weight excluding hydrogens is 262 g/mol. The first-order valence-electron chi connectivity index (χ1n) is 6.46. The van der Waals surface area contributed by atoms with E-state index in [1.54, 1.807) is 0 Å². The molecule has 100 valence electrons. The molecule has 0 radical (unpaired) electrons. The Morgan fingerprint density at radius 1 is 1.33 bits per heavy atom. The molecule has 2 rings (SSSR count). The van der Waals surface area contributed by atoms with Gasteiger partial charge in [-0.3, -0.25) is 0 Å². The summed E-state index contributed by atoms with van der Waals surface area (Å²) in [7, 11) is 0. The van der Waals surface area contributed by atoms with Crippen molar-refractivity contribution in [3.8, 4) is 0 Å². The SMILES string of the molecule is CC(C)CNCc1cnc(C2CSCCS2)nc1. The van der Waals surface area contributed by atoms with Gasteiger partial charge >= 0.3 is 0 Å². The van der Waals surface area contributed by atoms with Gasteiger partial charge in [0.05, 0.1) is 5.25 Å². The van der Waals surface area contributed by atoms with Gasteiger partial charge < -0.3 is 5.32 Å². The van der Waals surface area contributed by atoms with Crippen LogP contribution in [-0.4, -0.2) is 33.8 Å². The van der Waals surface area contributed by atoms with E-state index >= 15 is 0 Å². The Hall–Kier alpha value is -0.260. The molecule has 0 aliphatic carbocycles. The molecule has 0 saturated carbocycles. The number of nitrogens with one attached hydrogen (secondary N) is 1. The minimum absolute atomic E-state index is 0.487. The average Bonchev–Trinajstić information content (AvgIpc) is 2.40. The van der Waals surface area contributed by atoms with Gasteiger partial charge in [0.25, 0.3) is 0 Å². The fraction of sp³-hybridized carbons (Fsp3) is 0.692. The standard InChI is InChI=1S/C13H21N3S2/c1-10(2)5-14-6-11-7-15-13(16-8-11)12-9-17-3-4-18-12/h7-8,10,12,14H,3-6,9H2,1-2H3. The van der Waals surface area contributed by atoms with Crippen molar-refractivity contribution in [1.82, 2.24) is 15.3 Å². The van der Waals surface area contributed by atoms with Crippen LogP contribution in [0.3, 0.4) is 0 Å². The zero-order chi connectivity index (χ0) is 12.8. The van der Waals surface area contributed by atoms with E-state index in [9.17, 15) is 0 Å². The quantitative estimate of drug-likeness (QED) is 0.899. The molecule has 1 saturated heterocycles. The van der Waals surface area contributed by atoms with E-state index in [2.05, 4.69) is 29.1 Å². The monoisotopic (exact) mass is 283 g/mol. The van der Waals surface area contributed by atoms with E-state index in [1.165, 1.54) is 17.1 Å². The van der Waals surface area contributed by atoms with Crippen molar-refractivity contribution in [2.75, 3.05) is 23.8 Å². The number of nitrogens with zero attached hydrogens (tertiary/aromatic N) is 2. The van der Waals surface area contributed by atoms with Crippen LogP contribution >= 0.6 is 23.5 Å². The van der Waals surface area contributed by atoms with Crippen LogP contribution in [0.5, 0.6) is 0 Å². The molecule has 1 fully saturated rings. The van der Waals surface area contributed by atoms with Crippen molar-refractivity contribution in [3.63, 3.8) is 0 Å². The molecule has 1 N–H and O–H groups in total. The first-order valence-corrected chi connectivity index (χ1v) is 8.67. The molecule has 0 amide bonds. The smallest absolute Gasteiger partial charge is 0.141 e. The second kappa shape index (κ2) is 7.36. The third-order valence-electron chi connectivity index (χ3n) is 2.71. The van der Waals surface area contributed by atoms with Gasteiger partial charge in [-0.2, -0.15) is 11.8 Å². The molecule has 1 aliphatic heterocycles. The lowest BCUT2D eigenvalue weighted by Gasteiger charge is -2.19. The molecule has 3 nitrogen and oxygen atoms in total. The predicted molar refractivity (Wildman–Crippen MR) is 81.1 cm³/mol. The van der Waals surface area contributed by atoms with E-state index < -0.39 is 0 Å². The molecule has 0 spiro atoms. The van der Waals surface area contributed by atoms with Crippen LogP contribution in [0.2, 0.25) is 0 Å². The third kappa shape index (κ3) is 4.44. The minimum Gasteiger partial charge on any atom is -0.312 e. The molecule has 1 aromatic rings. The molecule has 18 heavy (non-hydrogen) atoms. The van der Waals surface area contributed by atoms with Gasteiger partial charge in [0.2, 0.25) is 0 Å². The van der Waals surface area contributed by atoms with Crippen LogP contribution in [0.25, 0.3) is 0 Å². The van der Waals surface area contributed by atoms with Crippen LogP contribution in [0.1, 0.15) is 30.5 Å². The summed E-state index contributed by atoms with van der Waals surface area (Å²) in [6.45, 7) is 6.33. The summed E-state index contributed by atoms with van der Waals surface area (Å²) < 4.78 is 0. The maximum Gasteiger partial charge on any atom is 0.141 e. The van der Waals surface area contributed by atoms with Gasteiger partial charge in [0.15, 0.2) is 0 Å². The van der Waals surface area contributed by atoms with Crippen LogP contribution < -0.4 is 5.32 Å². The van der Waals surface area contributed by atoms with Gasteiger partial charge in [-0.1, -0.05) is 13.8 Å². The normalized spacial score (nSPS) is 20.3. The van der Waals surface area contributed by atoms with Crippen LogP contribution in [0.15, 0.2) is 12.4 Å². The Labute approximate surface area is 118 Å². The highest BCUT2D eigenvalue weighted by molar-refractivity contribution is 8.06. The van der Waals surface area contributed by atoms with Crippen molar-refractivity contribution in [2.45, 2.75) is 25.6 Å². The highest BCUT2D eigenvalue weighted by Gasteiger charge is 2.18. The van der Waals surface area contributed by atoms with E-state index in [1.807, 2.05) is 35.9 Å². The molecule has 1 unspecified atom stereocenters. The maximum absolute atomic E-state index is 4.51. The van der Waals surface area contributed by atoms with Crippen molar-refractivity contribution < 1.29 is 0 Å². The second-order valence-electron chi connectivity index (χ2n) is 4.91. The first kappa shape index (κ1) is 14.2. The topological polar surface area (TPSA) is 37.8 Å². The van der Waals surface area contributed by atoms with Crippen molar-refractivity contribution in [2.24, 2.45) is 5.92 Å². The summed E-state index contributed by atoms with van der Waals surface area (Å²) in [4.78, 5) is 9.03. The summed E-state index contributed by atoms with van der Waals surface area (Å²) >= 11 is 3.99. The Bertz CT molecular complexity index is 348. The minimum atomic E-state index is 0.487. The molecule has 1 aliphatic rings. The Balaban J connectivity index is 1.84. The highest BCUT2D eigenvalue weighted by Crippen LogP contribution is 2.34. The molecule has 2 heterocycles. The molecule has 0 aromatic carbocycles. The number of aromatic nitrogens is 2. The van der Waals surface area contributed by atoms with E-state index in [0.717, 1.165) is 24.7 Å². The second-order valence-corrected chi connectivity index (χ2v) is 7.37. The highest BCUT2D eigenvalue weighted by atomic mass is 32.2. The lowest BCUT2D eigenvalue weighted by molar-refractivity contribution is 0.551. The lowest BCUT2D eigenvalue weighted by atomic mass is 10.2. The van der Waals surface area contributed by atoms with Crippen molar-refractivity contribution >= 4 is 23.5 Å². The summed E-state index contributed by atoms with van der Waals surface area (Å²) in [5.41, 5.74) is 1.17. The van der Waals surface area contributed by atoms with Crippen LogP contribution in [0.4, 0.5) is 0 Å². The number of hydrogen-bond acceptors (Lipinski definition) is 5. The molecule has 0 bridgehead atoms. The zero-order valence-electron chi connectivity index (χ0n) is 11.1. The first-order chi connectivity index (χ1) is 8.75. The number of hydrogen-bond donors (Lipinski definition) is 1. The van der Waals surface area contributed by atoms with Crippen LogP contribution in [-0.2, 0) is 6.54 Å². The third-order valence-corrected chi connectivity index (χ3v) is 5.46. The maximum atomic E-state index is 4.51. The van der Waals surface area contributed by atoms with Crippen molar-refractivity contribution in [1.29, 1.82) is 0 Å². The largest absolute Gasteiger partial charge is 0.312 e. The molecule has 5 heteroatoms. The summed E-state index contributed by atoms with van der Waals surface area (Å²) in [6.07, 6.45) is 3.94. The number of rotatable bonds is 5. The Morgan fingerprint density at radius 2 is 2.11 bits per heavy atom. The van der Waals surface area contributed by atoms with Crippen molar-refractivity contribution in [3.05, 3.63) is 23.8 Å². The summed E-state index contributed by atoms with van der Waals surface area (Å²) in [6, 6.07) is 0. The fourth-order valence-electron chi connectivity index (χ4n) is 1.76. The van der Waals surface area contributed by atoms with E-state index in [0.29, 0.717) is 11.2 Å². The molecule has 1 atom stereocenters.